The topological polar surface area (TPSA) is 35.5 Å². The highest BCUT2D eigenvalue weighted by molar-refractivity contribution is 14.1. The van der Waals surface area contributed by atoms with Crippen LogP contribution in [-0.2, 0) is 9.53 Å². The molecule has 15 heavy (non-hydrogen) atoms. The number of hydrogen-bond donors (Lipinski definition) is 0. The highest BCUT2D eigenvalue weighted by Gasteiger charge is 2.03. The van der Waals surface area contributed by atoms with E-state index in [9.17, 15) is 4.79 Å². The van der Waals surface area contributed by atoms with Crippen molar-refractivity contribution in [2.45, 2.75) is 0 Å². The van der Waals surface area contributed by atoms with E-state index in [0.29, 0.717) is 10.2 Å². The number of carbonyl (C=O) groups is 1. The van der Waals surface area contributed by atoms with Gasteiger partial charge in [0.05, 0.1) is 3.58 Å². The molecule has 0 unspecified atom stereocenters. The second-order valence-corrected chi connectivity index (χ2v) is 4.00. The molecule has 0 heterocycles. The largest absolute Gasteiger partial charge is 0.490 e. The van der Waals surface area contributed by atoms with Crippen molar-refractivity contribution in [2.24, 2.45) is 0 Å². The van der Waals surface area contributed by atoms with Crippen LogP contribution in [0.1, 0.15) is 0 Å². The Labute approximate surface area is 102 Å². The molecule has 1 aromatic rings. The fraction of sp³-hybridized carbons (Fsp3) is 0.182. The summed E-state index contributed by atoms with van der Waals surface area (Å²) in [6, 6.07) is 9.37. The van der Waals surface area contributed by atoms with Crippen LogP contribution in [0.5, 0.6) is 5.75 Å². The first-order valence-electron chi connectivity index (χ1n) is 4.39. The van der Waals surface area contributed by atoms with E-state index in [4.69, 9.17) is 9.47 Å². The lowest BCUT2D eigenvalue weighted by Crippen LogP contribution is -2.11. The van der Waals surface area contributed by atoms with Crippen LogP contribution in [0.15, 0.2) is 40.5 Å². The molecular formula is C11H11IO3. The van der Waals surface area contributed by atoms with E-state index in [0.717, 1.165) is 5.75 Å². The average molecular weight is 318 g/mol. The lowest BCUT2D eigenvalue weighted by atomic mass is 10.3. The van der Waals surface area contributed by atoms with E-state index in [-0.39, 0.29) is 6.61 Å². The Balaban J connectivity index is 2.18. The zero-order valence-corrected chi connectivity index (χ0v) is 10.3. The van der Waals surface area contributed by atoms with Crippen LogP contribution in [-0.4, -0.2) is 19.2 Å². The Bertz CT molecular complexity index is 335. The SMILES string of the molecule is C=C(I)C(=O)OCCOc1ccccc1. The third-order valence-electron chi connectivity index (χ3n) is 1.55. The van der Waals surface area contributed by atoms with Gasteiger partial charge >= 0.3 is 5.97 Å². The molecule has 1 aromatic carbocycles. The van der Waals surface area contributed by atoms with Gasteiger partial charge in [-0.1, -0.05) is 24.8 Å². The number of para-hydroxylation sites is 1. The number of rotatable bonds is 5. The van der Waals surface area contributed by atoms with Crippen LogP contribution in [0, 0.1) is 0 Å². The monoisotopic (exact) mass is 318 g/mol. The van der Waals surface area contributed by atoms with Gasteiger partial charge < -0.3 is 9.47 Å². The number of halogens is 1. The molecule has 0 spiro atoms. The Hall–Kier alpha value is -1.04. The normalized spacial score (nSPS) is 9.40. The van der Waals surface area contributed by atoms with Gasteiger partial charge in [-0.05, 0) is 34.7 Å². The Morgan fingerprint density at radius 2 is 1.93 bits per heavy atom. The van der Waals surface area contributed by atoms with Gasteiger partial charge in [0.25, 0.3) is 0 Å². The van der Waals surface area contributed by atoms with Crippen molar-refractivity contribution in [1.29, 1.82) is 0 Å². The van der Waals surface area contributed by atoms with E-state index >= 15 is 0 Å². The number of benzene rings is 1. The molecule has 0 bridgehead atoms. The van der Waals surface area contributed by atoms with Crippen LogP contribution in [0.3, 0.4) is 0 Å². The molecule has 0 aliphatic carbocycles. The minimum atomic E-state index is -0.396. The zero-order valence-electron chi connectivity index (χ0n) is 8.11. The molecule has 0 saturated carbocycles. The first-order chi connectivity index (χ1) is 7.20. The number of hydrogen-bond acceptors (Lipinski definition) is 3. The van der Waals surface area contributed by atoms with Gasteiger partial charge in [0.2, 0.25) is 0 Å². The zero-order chi connectivity index (χ0) is 11.1. The van der Waals surface area contributed by atoms with Crippen LogP contribution in [0.2, 0.25) is 0 Å². The number of ether oxygens (including phenoxy) is 2. The fourth-order valence-corrected chi connectivity index (χ4v) is 1.04. The summed E-state index contributed by atoms with van der Waals surface area (Å²) in [5.74, 6) is 0.370. The summed E-state index contributed by atoms with van der Waals surface area (Å²) >= 11 is 1.82. The van der Waals surface area contributed by atoms with Crippen LogP contribution >= 0.6 is 22.6 Å². The first kappa shape index (κ1) is 12.0. The van der Waals surface area contributed by atoms with Crippen LogP contribution in [0.25, 0.3) is 0 Å². The van der Waals surface area contributed by atoms with E-state index in [1.54, 1.807) is 0 Å². The molecule has 0 atom stereocenters. The van der Waals surface area contributed by atoms with Gasteiger partial charge in [-0.15, -0.1) is 0 Å². The summed E-state index contributed by atoms with van der Waals surface area (Å²) in [6.07, 6.45) is 0. The molecule has 1 rings (SSSR count). The summed E-state index contributed by atoms with van der Waals surface area (Å²) in [7, 11) is 0. The lowest BCUT2D eigenvalue weighted by Gasteiger charge is -2.06. The third kappa shape index (κ3) is 4.83. The molecule has 4 heteroatoms. The highest BCUT2D eigenvalue weighted by atomic mass is 127. The van der Waals surface area contributed by atoms with Gasteiger partial charge in [-0.2, -0.15) is 0 Å². The molecule has 0 amide bonds. The van der Waals surface area contributed by atoms with E-state index < -0.39 is 5.97 Å². The quantitative estimate of drug-likeness (QED) is 0.362. The van der Waals surface area contributed by atoms with Crippen molar-refractivity contribution in [3.05, 3.63) is 40.5 Å². The predicted molar refractivity (Wildman–Crippen MR) is 66.1 cm³/mol. The van der Waals surface area contributed by atoms with Crippen molar-refractivity contribution in [1.82, 2.24) is 0 Å². The van der Waals surface area contributed by atoms with Crippen molar-refractivity contribution < 1.29 is 14.3 Å². The summed E-state index contributed by atoms with van der Waals surface area (Å²) < 4.78 is 10.5. The van der Waals surface area contributed by atoms with Crippen molar-refractivity contribution in [3.63, 3.8) is 0 Å². The molecule has 0 fully saturated rings. The summed E-state index contributed by atoms with van der Waals surface area (Å²) in [6.45, 7) is 4.04. The second kappa shape index (κ2) is 6.44. The maximum Gasteiger partial charge on any atom is 0.343 e. The maximum absolute atomic E-state index is 11.0. The molecule has 0 aliphatic heterocycles. The molecule has 0 N–H and O–H groups in total. The Morgan fingerprint density at radius 3 is 2.53 bits per heavy atom. The highest BCUT2D eigenvalue weighted by Crippen LogP contribution is 2.08. The molecule has 0 radical (unpaired) electrons. The second-order valence-electron chi connectivity index (χ2n) is 2.70. The van der Waals surface area contributed by atoms with Gasteiger partial charge in [0.1, 0.15) is 19.0 Å². The number of esters is 1. The molecule has 0 aromatic heterocycles. The smallest absolute Gasteiger partial charge is 0.343 e. The lowest BCUT2D eigenvalue weighted by molar-refractivity contribution is -0.138. The maximum atomic E-state index is 11.0. The summed E-state index contributed by atoms with van der Waals surface area (Å²) in [4.78, 5) is 11.0. The predicted octanol–water partition coefficient (Wildman–Crippen LogP) is 2.56. The molecule has 3 nitrogen and oxygen atoms in total. The van der Waals surface area contributed by atoms with Crippen molar-refractivity contribution in [3.8, 4) is 5.75 Å². The van der Waals surface area contributed by atoms with Gasteiger partial charge in [-0.3, -0.25) is 0 Å². The van der Waals surface area contributed by atoms with Gasteiger partial charge in [0.15, 0.2) is 0 Å². The van der Waals surface area contributed by atoms with Crippen LogP contribution in [0.4, 0.5) is 0 Å². The Morgan fingerprint density at radius 1 is 1.27 bits per heavy atom. The summed E-state index contributed by atoms with van der Waals surface area (Å²) in [5.41, 5.74) is 0. The summed E-state index contributed by atoms with van der Waals surface area (Å²) in [5, 5.41) is 0. The minimum absolute atomic E-state index is 0.232. The molecular weight excluding hydrogens is 307 g/mol. The average Bonchev–Trinajstić information content (AvgIpc) is 2.25. The molecule has 0 aliphatic rings. The Kier molecular flexibility index (Phi) is 5.17. The van der Waals surface area contributed by atoms with Crippen molar-refractivity contribution >= 4 is 28.6 Å². The first-order valence-corrected chi connectivity index (χ1v) is 5.47. The standard InChI is InChI=1S/C11H11IO3/c1-9(12)11(13)15-8-7-14-10-5-3-2-4-6-10/h2-6H,1,7-8H2. The van der Waals surface area contributed by atoms with Gasteiger partial charge in [0, 0.05) is 0 Å². The fourth-order valence-electron chi connectivity index (χ4n) is 0.889. The molecule has 80 valence electrons. The van der Waals surface area contributed by atoms with E-state index in [2.05, 4.69) is 6.58 Å². The van der Waals surface area contributed by atoms with E-state index in [1.165, 1.54) is 0 Å². The third-order valence-corrected chi connectivity index (χ3v) is 1.99. The molecule has 0 saturated heterocycles. The number of carbonyl (C=O) groups excluding carboxylic acids is 1. The van der Waals surface area contributed by atoms with Crippen LogP contribution < -0.4 is 4.74 Å². The minimum Gasteiger partial charge on any atom is -0.490 e. The van der Waals surface area contributed by atoms with Crippen molar-refractivity contribution in [2.75, 3.05) is 13.2 Å². The van der Waals surface area contributed by atoms with E-state index in [1.807, 2.05) is 52.9 Å². The van der Waals surface area contributed by atoms with Gasteiger partial charge in [-0.25, -0.2) is 4.79 Å².